The van der Waals surface area contributed by atoms with Crippen LogP contribution in [0.5, 0.6) is 0 Å². The fraction of sp³-hybridized carbons (Fsp3) is 0.529. The Morgan fingerprint density at radius 1 is 1.46 bits per heavy atom. The molecule has 0 spiro atoms. The molecule has 0 radical (unpaired) electrons. The highest BCUT2D eigenvalue weighted by Crippen LogP contribution is 2.08. The van der Waals surface area contributed by atoms with Crippen LogP contribution in [-0.4, -0.2) is 60.7 Å². The Balaban J connectivity index is 1.76. The molecule has 1 amide bonds. The maximum absolute atomic E-state index is 13.1. The van der Waals surface area contributed by atoms with Crippen LogP contribution < -0.4 is 10.6 Å². The number of rotatable bonds is 6. The molecular weight excluding hydrogens is 311 g/mol. The number of amides is 1. The van der Waals surface area contributed by atoms with Gasteiger partial charge in [0.25, 0.3) is 0 Å². The van der Waals surface area contributed by atoms with Crippen LogP contribution in [0.1, 0.15) is 18.9 Å². The van der Waals surface area contributed by atoms with E-state index in [1.54, 1.807) is 12.1 Å². The summed E-state index contributed by atoms with van der Waals surface area (Å²) < 4.78 is 13.1. The minimum Gasteiger partial charge on any atom is -0.391 e. The van der Waals surface area contributed by atoms with Gasteiger partial charge in [0, 0.05) is 26.2 Å². The summed E-state index contributed by atoms with van der Waals surface area (Å²) in [6.07, 6.45) is 0.592. The van der Waals surface area contributed by atoms with E-state index < -0.39 is 0 Å². The lowest BCUT2D eigenvalue weighted by molar-refractivity contribution is -0.120. The molecular formula is C17H25FN4O2. The topological polar surface area (TPSA) is 77.0 Å². The van der Waals surface area contributed by atoms with Crippen LogP contribution in [0.2, 0.25) is 0 Å². The normalized spacial score (nSPS) is 17.9. The second-order valence-electron chi connectivity index (χ2n) is 5.78. The molecule has 24 heavy (non-hydrogen) atoms. The third-order valence-corrected chi connectivity index (χ3v) is 3.75. The Morgan fingerprint density at radius 2 is 2.29 bits per heavy atom. The van der Waals surface area contributed by atoms with Gasteiger partial charge in [0.1, 0.15) is 5.82 Å². The summed E-state index contributed by atoms with van der Waals surface area (Å²) >= 11 is 0. The van der Waals surface area contributed by atoms with Crippen molar-refractivity contribution in [2.45, 2.75) is 25.9 Å². The first-order valence-corrected chi connectivity index (χ1v) is 8.31. The van der Waals surface area contributed by atoms with Gasteiger partial charge in [0.05, 0.1) is 19.1 Å². The van der Waals surface area contributed by atoms with Crippen LogP contribution in [0.15, 0.2) is 29.3 Å². The predicted octanol–water partition coefficient (Wildman–Crippen LogP) is 0.517. The van der Waals surface area contributed by atoms with Crippen LogP contribution in [0, 0.1) is 5.82 Å². The van der Waals surface area contributed by atoms with Gasteiger partial charge < -0.3 is 20.6 Å². The number of carbonyl (C=O) groups excluding carboxylic acids is 1. The molecule has 0 unspecified atom stereocenters. The van der Waals surface area contributed by atoms with E-state index in [1.807, 2.05) is 11.8 Å². The molecule has 6 nitrogen and oxygen atoms in total. The Labute approximate surface area is 141 Å². The van der Waals surface area contributed by atoms with Gasteiger partial charge in [0.2, 0.25) is 5.91 Å². The highest BCUT2D eigenvalue weighted by Gasteiger charge is 2.22. The quantitative estimate of drug-likeness (QED) is 0.402. The summed E-state index contributed by atoms with van der Waals surface area (Å²) in [6, 6.07) is 6.03. The Hall–Kier alpha value is -2.15. The van der Waals surface area contributed by atoms with E-state index in [9.17, 15) is 14.3 Å². The van der Waals surface area contributed by atoms with E-state index in [0.717, 1.165) is 25.5 Å². The van der Waals surface area contributed by atoms with E-state index >= 15 is 0 Å². The number of β-amino-alcohol motifs (C(OH)–C–C–N with tert-alkyl or cyclic N) is 1. The molecule has 7 heteroatoms. The van der Waals surface area contributed by atoms with Crippen LogP contribution in [0.4, 0.5) is 4.39 Å². The number of guanidine groups is 1. The van der Waals surface area contributed by atoms with Crippen LogP contribution >= 0.6 is 0 Å². The van der Waals surface area contributed by atoms with Gasteiger partial charge in [-0.05, 0) is 31.0 Å². The van der Waals surface area contributed by atoms with Gasteiger partial charge >= 0.3 is 0 Å². The van der Waals surface area contributed by atoms with Crippen LogP contribution in [0.25, 0.3) is 0 Å². The molecule has 1 aliphatic heterocycles. The van der Waals surface area contributed by atoms with Crippen molar-refractivity contribution in [1.29, 1.82) is 0 Å². The molecule has 1 fully saturated rings. The van der Waals surface area contributed by atoms with Crippen LogP contribution in [0.3, 0.4) is 0 Å². The van der Waals surface area contributed by atoms with Crippen molar-refractivity contribution in [3.8, 4) is 0 Å². The average molecular weight is 336 g/mol. The molecule has 132 valence electrons. The van der Waals surface area contributed by atoms with Gasteiger partial charge in [-0.3, -0.25) is 9.79 Å². The molecule has 0 saturated carbocycles. The van der Waals surface area contributed by atoms with Gasteiger partial charge in [-0.25, -0.2) is 4.39 Å². The van der Waals surface area contributed by atoms with Crippen molar-refractivity contribution >= 4 is 11.9 Å². The predicted molar refractivity (Wildman–Crippen MR) is 91.3 cm³/mol. The minimum absolute atomic E-state index is 0.153. The first kappa shape index (κ1) is 18.2. The molecule has 1 aromatic rings. The van der Waals surface area contributed by atoms with Gasteiger partial charge in [0.15, 0.2) is 5.96 Å². The van der Waals surface area contributed by atoms with Crippen molar-refractivity contribution < 1.29 is 14.3 Å². The Bertz CT molecular complexity index is 579. The summed E-state index contributed by atoms with van der Waals surface area (Å²) in [4.78, 5) is 18.3. The molecule has 0 bridgehead atoms. The Kier molecular flexibility index (Phi) is 6.99. The lowest BCUT2D eigenvalue weighted by Gasteiger charge is -2.20. The van der Waals surface area contributed by atoms with Crippen molar-refractivity contribution in [2.75, 3.05) is 32.7 Å². The number of likely N-dealkylation sites (tertiary alicyclic amines) is 1. The third-order valence-electron chi connectivity index (χ3n) is 3.75. The van der Waals surface area contributed by atoms with E-state index in [2.05, 4.69) is 15.6 Å². The van der Waals surface area contributed by atoms with Crippen molar-refractivity contribution in [3.63, 3.8) is 0 Å². The maximum Gasteiger partial charge on any atom is 0.224 e. The number of carbonyl (C=O) groups is 1. The van der Waals surface area contributed by atoms with E-state index in [0.29, 0.717) is 25.2 Å². The summed E-state index contributed by atoms with van der Waals surface area (Å²) in [5, 5.41) is 15.6. The number of aliphatic imine (C=N–C) groups is 1. The zero-order valence-electron chi connectivity index (χ0n) is 14.0. The maximum atomic E-state index is 13.1. The number of benzene rings is 1. The minimum atomic E-state index is -0.340. The van der Waals surface area contributed by atoms with E-state index in [1.165, 1.54) is 12.1 Å². The van der Waals surface area contributed by atoms with Gasteiger partial charge in [-0.2, -0.15) is 0 Å². The standard InChI is InChI=1S/C17H25FN4O2/c1-2-19-17(22-9-6-15(23)12-22)21-8-7-20-16(24)11-13-4-3-5-14(18)10-13/h3-5,10,15,23H,2,6-9,11-12H2,1H3,(H,19,21)(H,20,24)/t15-/m1/s1. The molecule has 1 aromatic carbocycles. The number of nitrogens with zero attached hydrogens (tertiary/aromatic N) is 2. The smallest absolute Gasteiger partial charge is 0.224 e. The SMILES string of the molecule is CCNC(=NCCNC(=O)Cc1cccc(F)c1)N1CC[C@@H](O)C1. The lowest BCUT2D eigenvalue weighted by Crippen LogP contribution is -2.41. The molecule has 2 rings (SSSR count). The largest absolute Gasteiger partial charge is 0.391 e. The fourth-order valence-electron chi connectivity index (χ4n) is 2.61. The highest BCUT2D eigenvalue weighted by atomic mass is 19.1. The molecule has 1 aliphatic rings. The number of aliphatic hydroxyl groups is 1. The zero-order valence-corrected chi connectivity index (χ0v) is 14.0. The number of hydrogen-bond donors (Lipinski definition) is 3. The first-order valence-electron chi connectivity index (χ1n) is 8.31. The third kappa shape index (κ3) is 5.81. The summed E-state index contributed by atoms with van der Waals surface area (Å²) in [5.74, 6) is 0.263. The summed E-state index contributed by atoms with van der Waals surface area (Å²) in [6.45, 7) is 4.96. The summed E-state index contributed by atoms with van der Waals surface area (Å²) in [5.41, 5.74) is 0.649. The van der Waals surface area contributed by atoms with E-state index in [-0.39, 0.29) is 24.2 Å². The molecule has 1 saturated heterocycles. The van der Waals surface area contributed by atoms with E-state index in [4.69, 9.17) is 0 Å². The average Bonchev–Trinajstić information content (AvgIpc) is 2.97. The first-order chi connectivity index (χ1) is 11.6. The van der Waals surface area contributed by atoms with Crippen molar-refractivity contribution in [3.05, 3.63) is 35.6 Å². The molecule has 0 aliphatic carbocycles. The molecule has 0 aromatic heterocycles. The number of aliphatic hydroxyl groups excluding tert-OH is 1. The summed E-state index contributed by atoms with van der Waals surface area (Å²) in [7, 11) is 0. The molecule has 1 heterocycles. The number of hydrogen-bond acceptors (Lipinski definition) is 3. The molecule has 1 atom stereocenters. The fourth-order valence-corrected chi connectivity index (χ4v) is 2.61. The van der Waals surface area contributed by atoms with Crippen molar-refractivity contribution in [1.82, 2.24) is 15.5 Å². The monoisotopic (exact) mass is 336 g/mol. The number of nitrogens with one attached hydrogen (secondary N) is 2. The van der Waals surface area contributed by atoms with Gasteiger partial charge in [-0.1, -0.05) is 12.1 Å². The zero-order chi connectivity index (χ0) is 17.4. The molecule has 3 N–H and O–H groups in total. The number of halogens is 1. The highest BCUT2D eigenvalue weighted by molar-refractivity contribution is 5.80. The van der Waals surface area contributed by atoms with Crippen LogP contribution in [-0.2, 0) is 11.2 Å². The van der Waals surface area contributed by atoms with Gasteiger partial charge in [-0.15, -0.1) is 0 Å². The Morgan fingerprint density at radius 3 is 2.96 bits per heavy atom. The second-order valence-corrected chi connectivity index (χ2v) is 5.78. The second kappa shape index (κ2) is 9.22. The lowest BCUT2D eigenvalue weighted by atomic mass is 10.1. The van der Waals surface area contributed by atoms with Crippen molar-refractivity contribution in [2.24, 2.45) is 4.99 Å².